The topological polar surface area (TPSA) is 44.1 Å². The number of carbonyl (C=O) groups is 1. The number of aromatic nitrogens is 2. The van der Waals surface area contributed by atoms with Gasteiger partial charge in [-0.3, -0.25) is 4.79 Å². The van der Waals surface area contributed by atoms with Gasteiger partial charge in [-0.25, -0.2) is 4.52 Å². The number of hydrogen-bond donors (Lipinski definition) is 0. The molecule has 1 aromatic carbocycles. The van der Waals surface area contributed by atoms with Crippen LogP contribution in [0, 0.1) is 17.8 Å². The Hall–Kier alpha value is -2.86. The molecular weight excluding hydrogens is 458 g/mol. The normalized spacial score (nSPS) is 26.6. The molecule has 4 heterocycles. The first kappa shape index (κ1) is 23.3. The van der Waals surface area contributed by atoms with Crippen LogP contribution in [0.25, 0.3) is 16.6 Å². The minimum atomic E-state index is 0.323. The zero-order valence-electron chi connectivity index (χ0n) is 22.1. The maximum atomic E-state index is 13.1. The van der Waals surface area contributed by atoms with E-state index in [0.717, 1.165) is 50.6 Å². The van der Waals surface area contributed by atoms with Crippen molar-refractivity contribution in [1.82, 2.24) is 19.4 Å². The molecule has 2 aliphatic carbocycles. The molecule has 2 aromatic heterocycles. The summed E-state index contributed by atoms with van der Waals surface area (Å²) >= 11 is 0. The van der Waals surface area contributed by atoms with E-state index in [1.54, 1.807) is 0 Å². The number of piperazine rings is 1. The van der Waals surface area contributed by atoms with Crippen LogP contribution in [-0.2, 0) is 4.79 Å². The Morgan fingerprint density at radius 2 is 1.78 bits per heavy atom. The van der Waals surface area contributed by atoms with Crippen LogP contribution < -0.4 is 4.90 Å². The van der Waals surface area contributed by atoms with Crippen LogP contribution in [0.5, 0.6) is 0 Å². The molecule has 37 heavy (non-hydrogen) atoms. The Morgan fingerprint density at radius 3 is 2.49 bits per heavy atom. The number of likely N-dealkylation sites (N-methyl/N-ethyl adjacent to an activating group) is 1. The van der Waals surface area contributed by atoms with Crippen molar-refractivity contribution >= 4 is 17.1 Å². The second-order valence-corrected chi connectivity index (χ2v) is 11.8. The first-order valence-electron chi connectivity index (χ1n) is 14.5. The van der Waals surface area contributed by atoms with E-state index in [9.17, 15) is 4.79 Å². The summed E-state index contributed by atoms with van der Waals surface area (Å²) in [6.45, 7) is 9.22. The number of nitrogens with zero attached hydrogens (tertiary/aromatic N) is 5. The minimum absolute atomic E-state index is 0.323. The number of fused-ring (bicyclic) bond motifs is 1. The molecular formula is C31H39N5O. The number of hydrogen-bond acceptors (Lipinski definition) is 4. The van der Waals surface area contributed by atoms with E-state index in [2.05, 4.69) is 69.3 Å². The standard InChI is InChI=1S/C31H39N5O/c1-2-33-13-11-25(20-33)22-6-8-23(9-7-22)26-18-30-29(10-12-32-36(30)21-26)34-14-16-35(17-15-34)31(37)28-19-27(28)24-4-3-5-24/h6-10,12,18,21,24-25,27-28H,2-5,11,13-17,19-20H2,1H3. The second-order valence-electron chi connectivity index (χ2n) is 11.8. The van der Waals surface area contributed by atoms with Gasteiger partial charge in [-0.15, -0.1) is 0 Å². The lowest BCUT2D eigenvalue weighted by molar-refractivity contribution is -0.133. The summed E-state index contributed by atoms with van der Waals surface area (Å²) in [5.74, 6) is 2.93. The average molecular weight is 498 g/mol. The largest absolute Gasteiger partial charge is 0.366 e. The van der Waals surface area contributed by atoms with Crippen LogP contribution in [-0.4, -0.2) is 71.1 Å². The van der Waals surface area contributed by atoms with Crippen LogP contribution >= 0.6 is 0 Å². The van der Waals surface area contributed by atoms with Gasteiger partial charge < -0.3 is 14.7 Å². The Bertz CT molecular complexity index is 1270. The van der Waals surface area contributed by atoms with Crippen molar-refractivity contribution in [3.63, 3.8) is 0 Å². The lowest BCUT2D eigenvalue weighted by Gasteiger charge is -2.36. The third kappa shape index (κ3) is 4.33. The molecule has 4 fully saturated rings. The van der Waals surface area contributed by atoms with E-state index < -0.39 is 0 Å². The fraction of sp³-hybridized carbons (Fsp3) is 0.548. The van der Waals surface area contributed by atoms with Gasteiger partial charge in [0.2, 0.25) is 5.91 Å². The first-order valence-corrected chi connectivity index (χ1v) is 14.5. The molecule has 2 aliphatic heterocycles. The monoisotopic (exact) mass is 497 g/mol. The van der Waals surface area contributed by atoms with Crippen LogP contribution in [0.4, 0.5) is 5.69 Å². The van der Waals surface area contributed by atoms with E-state index in [1.165, 1.54) is 61.2 Å². The van der Waals surface area contributed by atoms with Gasteiger partial charge in [-0.05, 0) is 66.9 Å². The van der Waals surface area contributed by atoms with E-state index in [-0.39, 0.29) is 0 Å². The quantitative estimate of drug-likeness (QED) is 0.486. The molecule has 0 N–H and O–H groups in total. The first-order chi connectivity index (χ1) is 18.2. The third-order valence-electron chi connectivity index (χ3n) is 9.77. The molecule has 7 rings (SSSR count). The number of rotatable bonds is 6. The Kier molecular flexibility index (Phi) is 5.95. The van der Waals surface area contributed by atoms with Crippen LogP contribution in [0.2, 0.25) is 0 Å². The van der Waals surface area contributed by atoms with Crippen molar-refractivity contribution in [2.45, 2.75) is 44.9 Å². The Balaban J connectivity index is 1.03. The van der Waals surface area contributed by atoms with Crippen molar-refractivity contribution in [2.75, 3.05) is 50.7 Å². The average Bonchev–Trinajstić information content (AvgIpc) is 3.32. The van der Waals surface area contributed by atoms with E-state index >= 15 is 0 Å². The van der Waals surface area contributed by atoms with Crippen molar-refractivity contribution in [3.05, 3.63) is 54.4 Å². The summed E-state index contributed by atoms with van der Waals surface area (Å²) in [6.07, 6.45) is 10.5. The molecule has 194 valence electrons. The molecule has 2 saturated carbocycles. The maximum absolute atomic E-state index is 13.1. The second kappa shape index (κ2) is 9.46. The van der Waals surface area contributed by atoms with Gasteiger partial charge in [-0.2, -0.15) is 5.10 Å². The predicted molar refractivity (Wildman–Crippen MR) is 148 cm³/mol. The summed E-state index contributed by atoms with van der Waals surface area (Å²) in [7, 11) is 0. The van der Waals surface area contributed by atoms with Gasteiger partial charge in [0.1, 0.15) is 0 Å². The molecule has 0 spiro atoms. The Labute approximate surface area is 220 Å². The SMILES string of the molecule is CCN1CCC(c2ccc(-c3cc4c(N5CCN(C(=O)C6CC6C6CCC6)CC5)ccnn4c3)cc2)C1. The minimum Gasteiger partial charge on any atom is -0.366 e. The van der Waals surface area contributed by atoms with Gasteiger partial charge in [0.25, 0.3) is 0 Å². The van der Waals surface area contributed by atoms with Crippen molar-refractivity contribution in [3.8, 4) is 11.1 Å². The number of amides is 1. The van der Waals surface area contributed by atoms with Crippen LogP contribution in [0.15, 0.2) is 48.8 Å². The highest BCUT2D eigenvalue weighted by Gasteiger charge is 2.50. The van der Waals surface area contributed by atoms with Crippen LogP contribution in [0.3, 0.4) is 0 Å². The highest BCUT2D eigenvalue weighted by molar-refractivity contribution is 5.83. The lowest BCUT2D eigenvalue weighted by Crippen LogP contribution is -2.49. The summed E-state index contributed by atoms with van der Waals surface area (Å²) < 4.78 is 2.01. The summed E-state index contributed by atoms with van der Waals surface area (Å²) in [4.78, 5) is 20.2. The molecule has 0 radical (unpaired) electrons. The number of carbonyl (C=O) groups excluding carboxylic acids is 1. The molecule has 0 bridgehead atoms. The molecule has 3 unspecified atom stereocenters. The molecule has 3 atom stereocenters. The van der Waals surface area contributed by atoms with Gasteiger partial charge in [0.05, 0.1) is 11.2 Å². The summed E-state index contributed by atoms with van der Waals surface area (Å²) in [5, 5.41) is 4.61. The molecule has 6 nitrogen and oxygen atoms in total. The lowest BCUT2D eigenvalue weighted by atomic mass is 9.81. The van der Waals surface area contributed by atoms with E-state index in [0.29, 0.717) is 23.7 Å². The highest BCUT2D eigenvalue weighted by atomic mass is 16.2. The van der Waals surface area contributed by atoms with Gasteiger partial charge >= 0.3 is 0 Å². The molecule has 1 amide bonds. The molecule has 4 aliphatic rings. The van der Waals surface area contributed by atoms with Crippen molar-refractivity contribution in [1.29, 1.82) is 0 Å². The summed E-state index contributed by atoms with van der Waals surface area (Å²) in [6, 6.07) is 13.6. The maximum Gasteiger partial charge on any atom is 0.226 e. The Morgan fingerprint density at radius 1 is 0.973 bits per heavy atom. The number of anilines is 1. The zero-order chi connectivity index (χ0) is 24.9. The smallest absolute Gasteiger partial charge is 0.226 e. The number of benzene rings is 1. The highest BCUT2D eigenvalue weighted by Crippen LogP contribution is 2.52. The summed E-state index contributed by atoms with van der Waals surface area (Å²) in [5.41, 5.74) is 6.27. The number of likely N-dealkylation sites (tertiary alicyclic amines) is 1. The fourth-order valence-corrected chi connectivity index (χ4v) is 7.05. The van der Waals surface area contributed by atoms with E-state index in [1.807, 2.05) is 10.7 Å². The van der Waals surface area contributed by atoms with E-state index in [4.69, 9.17) is 0 Å². The molecule has 3 aromatic rings. The van der Waals surface area contributed by atoms with Crippen molar-refractivity contribution in [2.24, 2.45) is 17.8 Å². The fourth-order valence-electron chi connectivity index (χ4n) is 7.05. The van der Waals surface area contributed by atoms with Crippen LogP contribution in [0.1, 0.15) is 50.5 Å². The zero-order valence-corrected chi connectivity index (χ0v) is 22.1. The van der Waals surface area contributed by atoms with Gasteiger partial charge in [0, 0.05) is 56.6 Å². The molecule has 2 saturated heterocycles. The van der Waals surface area contributed by atoms with Crippen molar-refractivity contribution < 1.29 is 4.79 Å². The van der Waals surface area contributed by atoms with Gasteiger partial charge in [-0.1, -0.05) is 50.5 Å². The van der Waals surface area contributed by atoms with Gasteiger partial charge in [0.15, 0.2) is 0 Å². The third-order valence-corrected chi connectivity index (χ3v) is 9.77. The predicted octanol–water partition coefficient (Wildman–Crippen LogP) is 4.90. The molecule has 6 heteroatoms.